The van der Waals surface area contributed by atoms with Gasteiger partial charge in [-0.3, -0.25) is 0 Å². The molecule has 4 rings (SSSR count). The van der Waals surface area contributed by atoms with Gasteiger partial charge in [0, 0.05) is 19.7 Å². The second-order valence-corrected chi connectivity index (χ2v) is 8.00. The summed E-state index contributed by atoms with van der Waals surface area (Å²) in [6.07, 6.45) is 2.61. The summed E-state index contributed by atoms with van der Waals surface area (Å²) in [7, 11) is 1.66. The topological polar surface area (TPSA) is 58.2 Å². The van der Waals surface area contributed by atoms with Gasteiger partial charge >= 0.3 is 0 Å². The largest absolute Gasteiger partial charge is 0.493 e. The van der Waals surface area contributed by atoms with Crippen LogP contribution in [0.15, 0.2) is 34.8 Å². The predicted octanol–water partition coefficient (Wildman–Crippen LogP) is 4.50. The van der Waals surface area contributed by atoms with Gasteiger partial charge in [-0.2, -0.15) is 0 Å². The van der Waals surface area contributed by atoms with E-state index in [1.165, 1.54) is 0 Å². The van der Waals surface area contributed by atoms with Crippen molar-refractivity contribution in [2.45, 2.75) is 32.1 Å². The van der Waals surface area contributed by atoms with Gasteiger partial charge in [-0.1, -0.05) is 6.07 Å². The summed E-state index contributed by atoms with van der Waals surface area (Å²) in [5.74, 6) is 2.92. The molecule has 6 nitrogen and oxygen atoms in total. The molecule has 0 bridgehead atoms. The molecule has 1 unspecified atom stereocenters. The van der Waals surface area contributed by atoms with Crippen LogP contribution in [0.2, 0.25) is 0 Å². The van der Waals surface area contributed by atoms with Crippen LogP contribution in [0.4, 0.5) is 0 Å². The van der Waals surface area contributed by atoms with Crippen LogP contribution >= 0.6 is 28.3 Å². The SMILES string of the molecule is COc1cc(CNCC2CCCO2)cc(Br)c1OCc1ccc2c(c1)OCCO2.Cl. The first-order valence-corrected chi connectivity index (χ1v) is 10.7. The molecule has 0 spiro atoms. The van der Waals surface area contributed by atoms with Crippen molar-refractivity contribution < 1.29 is 23.7 Å². The first-order chi connectivity index (χ1) is 14.2. The molecule has 2 aromatic rings. The van der Waals surface area contributed by atoms with E-state index in [9.17, 15) is 0 Å². The van der Waals surface area contributed by atoms with E-state index in [4.69, 9.17) is 23.7 Å². The highest BCUT2D eigenvalue weighted by molar-refractivity contribution is 9.10. The Morgan fingerprint density at radius 2 is 1.90 bits per heavy atom. The van der Waals surface area contributed by atoms with E-state index in [-0.39, 0.29) is 12.4 Å². The van der Waals surface area contributed by atoms with E-state index in [2.05, 4.69) is 27.3 Å². The Labute approximate surface area is 191 Å². The Bertz CT molecular complexity index is 845. The predicted molar refractivity (Wildman–Crippen MR) is 120 cm³/mol. The zero-order valence-corrected chi connectivity index (χ0v) is 19.4. The van der Waals surface area contributed by atoms with Gasteiger partial charge in [0.05, 0.1) is 17.7 Å². The van der Waals surface area contributed by atoms with E-state index >= 15 is 0 Å². The lowest BCUT2D eigenvalue weighted by Gasteiger charge is -2.19. The van der Waals surface area contributed by atoms with Gasteiger partial charge in [-0.05, 0) is 64.2 Å². The fraction of sp³-hybridized carbons (Fsp3) is 0.455. The van der Waals surface area contributed by atoms with E-state index in [1.54, 1.807) is 7.11 Å². The molecule has 164 valence electrons. The Balaban J connectivity index is 0.00000256. The molecule has 30 heavy (non-hydrogen) atoms. The summed E-state index contributed by atoms with van der Waals surface area (Å²) in [5.41, 5.74) is 2.13. The fourth-order valence-corrected chi connectivity index (χ4v) is 4.14. The second-order valence-electron chi connectivity index (χ2n) is 7.14. The summed E-state index contributed by atoms with van der Waals surface area (Å²) >= 11 is 3.63. The second kappa shape index (κ2) is 11.1. The van der Waals surface area contributed by atoms with Gasteiger partial charge in [0.25, 0.3) is 0 Å². The van der Waals surface area contributed by atoms with Crippen LogP contribution in [-0.4, -0.2) is 39.6 Å². The smallest absolute Gasteiger partial charge is 0.175 e. The number of rotatable bonds is 8. The molecule has 2 heterocycles. The molecular formula is C22H27BrClNO5. The molecule has 0 amide bonds. The third-order valence-electron chi connectivity index (χ3n) is 5.00. The van der Waals surface area contributed by atoms with Crippen molar-refractivity contribution in [1.82, 2.24) is 5.32 Å². The number of nitrogens with one attached hydrogen (secondary N) is 1. The highest BCUT2D eigenvalue weighted by Gasteiger charge is 2.16. The molecule has 2 aromatic carbocycles. The lowest BCUT2D eigenvalue weighted by atomic mass is 10.1. The number of fused-ring (bicyclic) bond motifs is 1. The lowest BCUT2D eigenvalue weighted by molar-refractivity contribution is 0.110. The van der Waals surface area contributed by atoms with Crippen molar-refractivity contribution in [3.05, 3.63) is 45.9 Å². The normalized spacial score (nSPS) is 17.3. The Morgan fingerprint density at radius 1 is 1.07 bits per heavy atom. The summed E-state index contributed by atoms with van der Waals surface area (Å²) in [5, 5.41) is 3.46. The average molecular weight is 501 g/mol. The maximum absolute atomic E-state index is 6.07. The van der Waals surface area contributed by atoms with Crippen LogP contribution in [-0.2, 0) is 17.9 Å². The van der Waals surface area contributed by atoms with Crippen molar-refractivity contribution in [1.29, 1.82) is 0 Å². The number of methoxy groups -OCH3 is 1. The standard InChI is InChI=1S/C22H26BrNO5.ClH/c1-25-21-11-16(12-24-13-17-3-2-6-26-17)9-18(23)22(21)29-14-15-4-5-19-20(10-15)28-8-7-27-19;/h4-5,9-11,17,24H,2-3,6-8,12-14H2,1H3;1H. The molecular weight excluding hydrogens is 474 g/mol. The van der Waals surface area contributed by atoms with Crippen molar-refractivity contribution >= 4 is 28.3 Å². The molecule has 0 aliphatic carbocycles. The first-order valence-electron chi connectivity index (χ1n) is 9.93. The third-order valence-corrected chi connectivity index (χ3v) is 5.59. The van der Waals surface area contributed by atoms with Crippen molar-refractivity contribution in [3.8, 4) is 23.0 Å². The zero-order chi connectivity index (χ0) is 20.1. The molecule has 1 saturated heterocycles. The Hall–Kier alpha value is -1.67. The quantitative estimate of drug-likeness (QED) is 0.576. The van der Waals surface area contributed by atoms with Crippen LogP contribution in [0.5, 0.6) is 23.0 Å². The lowest BCUT2D eigenvalue weighted by Crippen LogP contribution is -2.25. The Morgan fingerprint density at radius 3 is 2.67 bits per heavy atom. The highest BCUT2D eigenvalue weighted by Crippen LogP contribution is 2.38. The third kappa shape index (κ3) is 5.72. The Kier molecular flexibility index (Phi) is 8.50. The maximum Gasteiger partial charge on any atom is 0.175 e. The molecule has 2 aliphatic heterocycles. The minimum atomic E-state index is 0. The number of hydrogen-bond acceptors (Lipinski definition) is 6. The van der Waals surface area contributed by atoms with Crippen LogP contribution in [0.25, 0.3) is 0 Å². The minimum absolute atomic E-state index is 0. The van der Waals surface area contributed by atoms with Gasteiger partial charge in [-0.15, -0.1) is 12.4 Å². The van der Waals surface area contributed by atoms with Crippen molar-refractivity contribution in [2.75, 3.05) is 33.5 Å². The van der Waals surface area contributed by atoms with E-state index in [0.29, 0.717) is 37.4 Å². The van der Waals surface area contributed by atoms with E-state index < -0.39 is 0 Å². The number of halogens is 2. The van der Waals surface area contributed by atoms with Crippen LogP contribution in [0.3, 0.4) is 0 Å². The molecule has 2 aliphatic rings. The van der Waals surface area contributed by atoms with Crippen molar-refractivity contribution in [2.24, 2.45) is 0 Å². The van der Waals surface area contributed by atoms with Gasteiger partial charge in [-0.25, -0.2) is 0 Å². The average Bonchev–Trinajstić information content (AvgIpc) is 3.26. The molecule has 1 atom stereocenters. The molecule has 8 heteroatoms. The van der Waals surface area contributed by atoms with E-state index in [0.717, 1.165) is 59.6 Å². The minimum Gasteiger partial charge on any atom is -0.493 e. The highest BCUT2D eigenvalue weighted by atomic mass is 79.9. The number of benzene rings is 2. The monoisotopic (exact) mass is 499 g/mol. The summed E-state index contributed by atoms with van der Waals surface area (Å²) < 4.78 is 29.4. The molecule has 0 saturated carbocycles. The van der Waals surface area contributed by atoms with Crippen LogP contribution in [0.1, 0.15) is 24.0 Å². The van der Waals surface area contributed by atoms with Gasteiger partial charge in [0.2, 0.25) is 0 Å². The van der Waals surface area contributed by atoms with Crippen LogP contribution in [0, 0.1) is 0 Å². The fourth-order valence-electron chi connectivity index (χ4n) is 3.53. The molecule has 1 fully saturated rings. The van der Waals surface area contributed by atoms with Crippen molar-refractivity contribution in [3.63, 3.8) is 0 Å². The molecule has 0 radical (unpaired) electrons. The van der Waals surface area contributed by atoms with E-state index in [1.807, 2.05) is 24.3 Å². The summed E-state index contributed by atoms with van der Waals surface area (Å²) in [6.45, 7) is 4.05. The van der Waals surface area contributed by atoms with Gasteiger partial charge < -0.3 is 29.0 Å². The number of ether oxygens (including phenoxy) is 5. The zero-order valence-electron chi connectivity index (χ0n) is 16.9. The molecule has 0 aromatic heterocycles. The molecule has 1 N–H and O–H groups in total. The summed E-state index contributed by atoms with van der Waals surface area (Å²) in [4.78, 5) is 0. The van der Waals surface area contributed by atoms with Gasteiger partial charge in [0.15, 0.2) is 23.0 Å². The number of hydrogen-bond donors (Lipinski definition) is 1. The van der Waals surface area contributed by atoms with Crippen LogP contribution < -0.4 is 24.3 Å². The first kappa shape index (κ1) is 23.0. The van der Waals surface area contributed by atoms with Gasteiger partial charge in [0.1, 0.15) is 19.8 Å². The summed E-state index contributed by atoms with van der Waals surface area (Å²) in [6, 6.07) is 9.93. The maximum atomic E-state index is 6.07.